The molecular weight excluding hydrogens is 418 g/mol. The molecule has 2 N–H and O–H groups in total. The number of aryl methyl sites for hydroxylation is 2. The van der Waals surface area contributed by atoms with Gasteiger partial charge in [-0.1, -0.05) is 35.9 Å². The number of rotatable bonds is 6. The van der Waals surface area contributed by atoms with Crippen molar-refractivity contribution in [1.29, 1.82) is 0 Å². The molecule has 0 atom stereocenters. The van der Waals surface area contributed by atoms with Crippen LogP contribution >= 0.6 is 11.3 Å². The SMILES string of the molecule is Cc1ccc(S(=O)(=O)CCC(=O)Nc2nc(-c3c(C)[nH]c4ccccc34)cs2)cc1. The van der Waals surface area contributed by atoms with Crippen LogP contribution in [0.2, 0.25) is 0 Å². The Balaban J connectivity index is 1.44. The highest BCUT2D eigenvalue weighted by Gasteiger charge is 2.18. The van der Waals surface area contributed by atoms with Gasteiger partial charge in [-0.3, -0.25) is 4.79 Å². The molecule has 0 aliphatic rings. The predicted molar refractivity (Wildman–Crippen MR) is 121 cm³/mol. The first kappa shape index (κ1) is 20.3. The normalized spacial score (nSPS) is 11.7. The molecule has 0 saturated heterocycles. The van der Waals surface area contributed by atoms with Gasteiger partial charge in [0.25, 0.3) is 0 Å². The summed E-state index contributed by atoms with van der Waals surface area (Å²) in [6.07, 6.45) is -0.128. The summed E-state index contributed by atoms with van der Waals surface area (Å²) >= 11 is 1.32. The molecule has 2 aromatic carbocycles. The number of sulfone groups is 1. The van der Waals surface area contributed by atoms with Crippen LogP contribution in [0.15, 0.2) is 58.8 Å². The van der Waals surface area contributed by atoms with Gasteiger partial charge in [0.1, 0.15) is 0 Å². The van der Waals surface area contributed by atoms with Crippen LogP contribution in [0.4, 0.5) is 5.13 Å². The van der Waals surface area contributed by atoms with Crippen molar-refractivity contribution >= 4 is 43.1 Å². The molecule has 0 radical (unpaired) electrons. The minimum Gasteiger partial charge on any atom is -0.358 e. The van der Waals surface area contributed by atoms with Gasteiger partial charge in [-0.05, 0) is 32.0 Å². The number of aromatic amines is 1. The van der Waals surface area contributed by atoms with Crippen molar-refractivity contribution < 1.29 is 13.2 Å². The van der Waals surface area contributed by atoms with E-state index in [1.165, 1.54) is 11.3 Å². The lowest BCUT2D eigenvalue weighted by Gasteiger charge is -2.05. The monoisotopic (exact) mass is 439 g/mol. The number of benzene rings is 2. The van der Waals surface area contributed by atoms with Crippen molar-refractivity contribution in [2.24, 2.45) is 0 Å². The largest absolute Gasteiger partial charge is 0.358 e. The number of anilines is 1. The van der Waals surface area contributed by atoms with E-state index in [2.05, 4.69) is 15.3 Å². The van der Waals surface area contributed by atoms with Crippen LogP contribution in [0.25, 0.3) is 22.2 Å². The highest BCUT2D eigenvalue weighted by atomic mass is 32.2. The quantitative estimate of drug-likeness (QED) is 0.455. The van der Waals surface area contributed by atoms with Gasteiger partial charge in [-0.25, -0.2) is 13.4 Å². The molecule has 0 fully saturated rings. The van der Waals surface area contributed by atoms with Crippen molar-refractivity contribution in [3.63, 3.8) is 0 Å². The molecule has 30 heavy (non-hydrogen) atoms. The Morgan fingerprint density at radius 1 is 1.10 bits per heavy atom. The minimum atomic E-state index is -3.51. The van der Waals surface area contributed by atoms with Crippen molar-refractivity contribution in [3.05, 3.63) is 65.2 Å². The van der Waals surface area contributed by atoms with Gasteiger partial charge in [-0.15, -0.1) is 11.3 Å². The van der Waals surface area contributed by atoms with Gasteiger partial charge < -0.3 is 10.3 Å². The van der Waals surface area contributed by atoms with E-state index in [1.54, 1.807) is 24.3 Å². The van der Waals surface area contributed by atoms with E-state index in [-0.39, 0.29) is 23.0 Å². The standard InChI is InChI=1S/C22H21N3O3S2/c1-14-7-9-16(10-8-14)30(27,28)12-11-20(26)25-22-24-19(13-29-22)21-15(2)23-18-6-4-3-5-17(18)21/h3-10,13,23H,11-12H2,1-2H3,(H,24,25,26). The maximum Gasteiger partial charge on any atom is 0.227 e. The fourth-order valence-corrected chi connectivity index (χ4v) is 5.28. The van der Waals surface area contributed by atoms with Crippen LogP contribution in [-0.4, -0.2) is 30.0 Å². The number of nitrogens with zero attached hydrogens (tertiary/aromatic N) is 1. The smallest absolute Gasteiger partial charge is 0.227 e. The highest BCUT2D eigenvalue weighted by molar-refractivity contribution is 7.91. The zero-order valence-corrected chi connectivity index (χ0v) is 18.2. The number of aromatic nitrogens is 2. The number of nitrogens with one attached hydrogen (secondary N) is 2. The minimum absolute atomic E-state index is 0.128. The number of thiazole rings is 1. The van der Waals surface area contributed by atoms with Gasteiger partial charge in [-0.2, -0.15) is 0 Å². The molecular formula is C22H21N3O3S2. The molecule has 2 heterocycles. The first-order valence-corrected chi connectivity index (χ1v) is 12.0. The zero-order chi connectivity index (χ0) is 21.3. The molecule has 6 nitrogen and oxygen atoms in total. The van der Waals surface area contributed by atoms with Crippen LogP contribution in [0.1, 0.15) is 17.7 Å². The molecule has 0 aliphatic carbocycles. The number of hydrogen-bond acceptors (Lipinski definition) is 5. The highest BCUT2D eigenvalue weighted by Crippen LogP contribution is 2.33. The van der Waals surface area contributed by atoms with Crippen molar-refractivity contribution in [2.75, 3.05) is 11.1 Å². The lowest BCUT2D eigenvalue weighted by Crippen LogP contribution is -2.17. The third-order valence-corrected chi connectivity index (χ3v) is 7.37. The van der Waals surface area contributed by atoms with Gasteiger partial charge in [0.15, 0.2) is 15.0 Å². The third-order valence-electron chi connectivity index (χ3n) is 4.88. The molecule has 8 heteroatoms. The number of amides is 1. The van der Waals surface area contributed by atoms with E-state index in [0.29, 0.717) is 5.13 Å². The molecule has 0 aliphatic heterocycles. The fraction of sp³-hybridized carbons (Fsp3) is 0.182. The summed E-state index contributed by atoms with van der Waals surface area (Å²) in [5.41, 5.74) is 4.80. The second-order valence-corrected chi connectivity index (χ2v) is 10.1. The topological polar surface area (TPSA) is 91.9 Å². The zero-order valence-electron chi connectivity index (χ0n) is 16.6. The predicted octanol–water partition coefficient (Wildman–Crippen LogP) is 4.71. The van der Waals surface area contributed by atoms with E-state index in [4.69, 9.17) is 0 Å². The van der Waals surface area contributed by atoms with Crippen LogP contribution in [0.5, 0.6) is 0 Å². The molecule has 2 aromatic heterocycles. The second-order valence-electron chi connectivity index (χ2n) is 7.14. The summed E-state index contributed by atoms with van der Waals surface area (Å²) in [5, 5.41) is 6.13. The average Bonchev–Trinajstić information content (AvgIpc) is 3.29. The van der Waals surface area contributed by atoms with Gasteiger partial charge in [0.05, 0.1) is 16.3 Å². The molecule has 0 spiro atoms. The van der Waals surface area contributed by atoms with Gasteiger partial charge >= 0.3 is 0 Å². The summed E-state index contributed by atoms with van der Waals surface area (Å²) in [4.78, 5) is 20.4. The van der Waals surface area contributed by atoms with Crippen LogP contribution in [0.3, 0.4) is 0 Å². The number of H-pyrrole nitrogens is 1. The first-order valence-electron chi connectivity index (χ1n) is 9.46. The Hall–Kier alpha value is -2.97. The molecule has 4 rings (SSSR count). The van der Waals surface area contributed by atoms with Crippen molar-refractivity contribution in [1.82, 2.24) is 9.97 Å². The molecule has 4 aromatic rings. The van der Waals surface area contributed by atoms with Crippen LogP contribution in [0, 0.1) is 13.8 Å². The first-order chi connectivity index (χ1) is 14.3. The van der Waals surface area contributed by atoms with E-state index < -0.39 is 9.84 Å². The fourth-order valence-electron chi connectivity index (χ4n) is 3.32. The number of hydrogen-bond donors (Lipinski definition) is 2. The van der Waals surface area contributed by atoms with E-state index in [9.17, 15) is 13.2 Å². The molecule has 1 amide bonds. The van der Waals surface area contributed by atoms with Gasteiger partial charge in [0, 0.05) is 34.0 Å². The third kappa shape index (κ3) is 4.15. The summed E-state index contributed by atoms with van der Waals surface area (Å²) in [6.45, 7) is 3.88. The van der Waals surface area contributed by atoms with Crippen LogP contribution in [-0.2, 0) is 14.6 Å². The van der Waals surface area contributed by atoms with Crippen molar-refractivity contribution in [2.45, 2.75) is 25.2 Å². The summed E-state index contributed by atoms with van der Waals surface area (Å²) < 4.78 is 24.9. The number of carbonyl (C=O) groups is 1. The Labute approximate surface area is 178 Å². The number of para-hydroxylation sites is 1. The molecule has 0 saturated carbocycles. The molecule has 0 bridgehead atoms. The molecule has 0 unspecified atom stereocenters. The summed E-state index contributed by atoms with van der Waals surface area (Å²) in [5.74, 6) is -0.621. The molecule has 154 valence electrons. The van der Waals surface area contributed by atoms with Crippen LogP contribution < -0.4 is 5.32 Å². The Morgan fingerprint density at radius 2 is 1.83 bits per heavy atom. The average molecular weight is 440 g/mol. The van der Waals surface area contributed by atoms with E-state index >= 15 is 0 Å². The lowest BCUT2D eigenvalue weighted by molar-refractivity contribution is -0.115. The summed E-state index contributed by atoms with van der Waals surface area (Å²) in [7, 11) is -3.51. The Bertz CT molecular complexity index is 1320. The van der Waals surface area contributed by atoms with E-state index in [0.717, 1.165) is 33.4 Å². The summed E-state index contributed by atoms with van der Waals surface area (Å²) in [6, 6.07) is 14.6. The lowest BCUT2D eigenvalue weighted by atomic mass is 10.1. The van der Waals surface area contributed by atoms with Gasteiger partial charge in [0.2, 0.25) is 5.91 Å². The second kappa shape index (κ2) is 8.04. The van der Waals surface area contributed by atoms with Crippen molar-refractivity contribution in [3.8, 4) is 11.3 Å². The Kier molecular flexibility index (Phi) is 5.44. The van der Waals surface area contributed by atoms with E-state index in [1.807, 2.05) is 43.5 Å². The number of carbonyl (C=O) groups excluding carboxylic acids is 1. The Morgan fingerprint density at radius 3 is 2.60 bits per heavy atom. The number of fused-ring (bicyclic) bond motifs is 1. The maximum atomic E-state index is 12.4. The maximum absolute atomic E-state index is 12.4.